The van der Waals surface area contributed by atoms with Crippen LogP contribution in [0.3, 0.4) is 0 Å². The molecular formula is C7F5NSe. The summed E-state index contributed by atoms with van der Waals surface area (Å²) in [7, 11) is 0. The maximum absolute atomic E-state index is 12.7. The Kier molecular flexibility index (Phi) is 3.09. The van der Waals surface area contributed by atoms with E-state index < -0.39 is 48.5 Å². The van der Waals surface area contributed by atoms with Gasteiger partial charge in [0, 0.05) is 0 Å². The van der Waals surface area contributed by atoms with E-state index in [4.69, 9.17) is 5.26 Å². The third kappa shape index (κ3) is 1.59. The molecule has 74 valence electrons. The van der Waals surface area contributed by atoms with E-state index in [0.29, 0.717) is 0 Å². The number of nitriles is 1. The Morgan fingerprint density at radius 1 is 0.786 bits per heavy atom. The van der Waals surface area contributed by atoms with Crippen molar-refractivity contribution in [2.45, 2.75) is 0 Å². The van der Waals surface area contributed by atoms with E-state index in [2.05, 4.69) is 0 Å². The number of hydrogen-bond acceptors (Lipinski definition) is 1. The first-order valence-electron chi connectivity index (χ1n) is 3.08. The van der Waals surface area contributed by atoms with E-state index in [9.17, 15) is 22.0 Å². The summed E-state index contributed by atoms with van der Waals surface area (Å²) in [5, 5.41) is 8.13. The van der Waals surface area contributed by atoms with Crippen molar-refractivity contribution in [1.82, 2.24) is 0 Å². The summed E-state index contributed by atoms with van der Waals surface area (Å²) in [5.74, 6) is -10.1. The fourth-order valence-electron chi connectivity index (χ4n) is 0.720. The van der Waals surface area contributed by atoms with Gasteiger partial charge in [0.25, 0.3) is 0 Å². The maximum atomic E-state index is 12.7. The van der Waals surface area contributed by atoms with Crippen LogP contribution < -0.4 is 4.46 Å². The van der Waals surface area contributed by atoms with E-state index in [-0.39, 0.29) is 0 Å². The van der Waals surface area contributed by atoms with Crippen LogP contribution in [0.25, 0.3) is 0 Å². The van der Waals surface area contributed by atoms with Crippen molar-refractivity contribution in [3.8, 4) is 4.97 Å². The van der Waals surface area contributed by atoms with E-state index in [0.717, 1.165) is 0 Å². The molecule has 0 spiro atoms. The van der Waals surface area contributed by atoms with Gasteiger partial charge in [0.1, 0.15) is 0 Å². The van der Waals surface area contributed by atoms with Gasteiger partial charge in [0.15, 0.2) is 0 Å². The van der Waals surface area contributed by atoms with Crippen LogP contribution in [0.15, 0.2) is 0 Å². The van der Waals surface area contributed by atoms with Gasteiger partial charge in [-0.05, 0) is 0 Å². The van der Waals surface area contributed by atoms with Gasteiger partial charge in [-0.25, -0.2) is 0 Å². The number of nitrogens with zero attached hydrogens (tertiary/aromatic N) is 1. The molecule has 0 amide bonds. The normalized spacial score (nSPS) is 10.0. The zero-order valence-electron chi connectivity index (χ0n) is 6.25. The molecule has 14 heavy (non-hydrogen) atoms. The van der Waals surface area contributed by atoms with Crippen LogP contribution in [-0.2, 0) is 0 Å². The Bertz CT molecular complexity index is 396. The first-order chi connectivity index (χ1) is 6.50. The summed E-state index contributed by atoms with van der Waals surface area (Å²) < 4.78 is 61.8. The van der Waals surface area contributed by atoms with E-state index in [1.165, 1.54) is 4.97 Å². The molecule has 0 saturated heterocycles. The Hall–Kier alpha value is -1.12. The van der Waals surface area contributed by atoms with E-state index in [1.807, 2.05) is 0 Å². The zero-order valence-corrected chi connectivity index (χ0v) is 7.96. The monoisotopic (exact) mass is 273 g/mol. The molecule has 1 aromatic carbocycles. The zero-order chi connectivity index (χ0) is 10.9. The van der Waals surface area contributed by atoms with Gasteiger partial charge in [-0.1, -0.05) is 0 Å². The van der Waals surface area contributed by atoms with Crippen molar-refractivity contribution in [2.75, 3.05) is 0 Å². The molecule has 1 aromatic rings. The molecule has 0 unspecified atom stereocenters. The van der Waals surface area contributed by atoms with Crippen LogP contribution in [0.5, 0.6) is 0 Å². The fraction of sp³-hybridized carbons (Fsp3) is 0. The summed E-state index contributed by atoms with van der Waals surface area (Å²) >= 11 is -1.43. The van der Waals surface area contributed by atoms with Gasteiger partial charge in [-0.3, -0.25) is 0 Å². The van der Waals surface area contributed by atoms with Crippen molar-refractivity contribution < 1.29 is 22.0 Å². The van der Waals surface area contributed by atoms with Gasteiger partial charge in [-0.2, -0.15) is 0 Å². The Morgan fingerprint density at radius 3 is 1.50 bits per heavy atom. The standard InChI is InChI=1S/C7F5NSe/c8-2-3(9)5(11)7(14-1-13)6(12)4(2)10. The number of halogens is 5. The van der Waals surface area contributed by atoms with Crippen molar-refractivity contribution >= 4 is 19.4 Å². The molecule has 0 aliphatic heterocycles. The minimum absolute atomic E-state index is 1.05. The van der Waals surface area contributed by atoms with Gasteiger partial charge >= 0.3 is 80.7 Å². The number of hydrogen-bond donors (Lipinski definition) is 0. The molecule has 0 radical (unpaired) electrons. The summed E-state index contributed by atoms with van der Waals surface area (Å²) in [6.07, 6.45) is 0. The quantitative estimate of drug-likeness (QED) is 0.326. The predicted molar refractivity (Wildman–Crippen MR) is 37.2 cm³/mol. The molecule has 7 heteroatoms. The summed E-state index contributed by atoms with van der Waals surface area (Å²) in [6.45, 7) is 0. The van der Waals surface area contributed by atoms with Crippen LogP contribution in [0, 0.1) is 39.3 Å². The summed E-state index contributed by atoms with van der Waals surface area (Å²) in [6, 6.07) is 0. The van der Waals surface area contributed by atoms with Crippen molar-refractivity contribution in [1.29, 1.82) is 5.26 Å². The van der Waals surface area contributed by atoms with Gasteiger partial charge < -0.3 is 0 Å². The van der Waals surface area contributed by atoms with Crippen molar-refractivity contribution in [3.05, 3.63) is 29.1 Å². The molecule has 0 aliphatic carbocycles. The molecule has 0 N–H and O–H groups in total. The number of rotatable bonds is 1. The van der Waals surface area contributed by atoms with Crippen LogP contribution in [0.4, 0.5) is 22.0 Å². The van der Waals surface area contributed by atoms with E-state index >= 15 is 0 Å². The molecule has 1 nitrogen and oxygen atoms in total. The second-order valence-corrected chi connectivity index (χ2v) is 3.76. The number of benzene rings is 1. The predicted octanol–water partition coefficient (Wildman–Crippen LogP) is 1.19. The average Bonchev–Trinajstić information content (AvgIpc) is 2.19. The Balaban J connectivity index is 3.53. The summed E-state index contributed by atoms with van der Waals surface area (Å²) in [4.78, 5) is 1.37. The average molecular weight is 272 g/mol. The van der Waals surface area contributed by atoms with E-state index in [1.54, 1.807) is 0 Å². The Labute approximate surface area is 81.3 Å². The molecule has 1 rings (SSSR count). The van der Waals surface area contributed by atoms with Crippen LogP contribution >= 0.6 is 0 Å². The molecule has 0 heterocycles. The van der Waals surface area contributed by atoms with Crippen LogP contribution in [-0.4, -0.2) is 15.0 Å². The fourth-order valence-corrected chi connectivity index (χ4v) is 1.66. The molecule has 0 fully saturated rings. The van der Waals surface area contributed by atoms with Gasteiger partial charge in [0.05, 0.1) is 0 Å². The third-order valence-electron chi connectivity index (χ3n) is 1.32. The van der Waals surface area contributed by atoms with Crippen LogP contribution in [0.1, 0.15) is 0 Å². The summed E-state index contributed by atoms with van der Waals surface area (Å²) in [5.41, 5.74) is 0. The van der Waals surface area contributed by atoms with Crippen LogP contribution in [0.2, 0.25) is 0 Å². The minimum atomic E-state index is -2.21. The second kappa shape index (κ2) is 3.94. The van der Waals surface area contributed by atoms with Crippen molar-refractivity contribution in [2.24, 2.45) is 0 Å². The van der Waals surface area contributed by atoms with Gasteiger partial charge in [0.2, 0.25) is 0 Å². The SMILES string of the molecule is N#C[Se]c1c(F)c(F)c(F)c(F)c1F. The first kappa shape index (κ1) is 11.0. The van der Waals surface area contributed by atoms with Gasteiger partial charge in [-0.15, -0.1) is 0 Å². The second-order valence-electron chi connectivity index (χ2n) is 2.09. The Morgan fingerprint density at radius 2 is 1.14 bits per heavy atom. The van der Waals surface area contributed by atoms with Crippen molar-refractivity contribution in [3.63, 3.8) is 0 Å². The third-order valence-corrected chi connectivity index (χ3v) is 2.69. The molecule has 0 atom stereocenters. The molecule has 0 saturated carbocycles. The molecular weight excluding hydrogens is 272 g/mol. The first-order valence-corrected chi connectivity index (χ1v) is 4.79. The molecule has 0 aromatic heterocycles. The topological polar surface area (TPSA) is 23.8 Å². The molecule has 0 aliphatic rings. The molecule has 0 bridgehead atoms.